The maximum atomic E-state index is 12.3. The molecule has 2 rings (SSSR count). The highest BCUT2D eigenvalue weighted by Crippen LogP contribution is 2.10. The summed E-state index contributed by atoms with van der Waals surface area (Å²) in [5.41, 5.74) is 3.43. The molecule has 2 aromatic carbocycles. The van der Waals surface area contributed by atoms with Crippen molar-refractivity contribution in [1.82, 2.24) is 14.9 Å². The van der Waals surface area contributed by atoms with E-state index in [2.05, 4.69) is 28.8 Å². The van der Waals surface area contributed by atoms with Crippen LogP contribution in [-0.4, -0.2) is 39.4 Å². The van der Waals surface area contributed by atoms with Crippen LogP contribution in [0, 0.1) is 0 Å². The smallest absolute Gasteiger partial charge is 0.251 e. The van der Waals surface area contributed by atoms with Crippen molar-refractivity contribution in [2.75, 3.05) is 20.1 Å². The Hall–Kier alpha value is -2.22. The highest BCUT2D eigenvalue weighted by atomic mass is 32.2. The Kier molecular flexibility index (Phi) is 8.17. The van der Waals surface area contributed by atoms with E-state index in [1.54, 1.807) is 12.1 Å². The number of nitrogens with zero attached hydrogens (tertiary/aromatic N) is 1. The first-order valence-electron chi connectivity index (χ1n) is 9.45. The number of hydrogen-bond donors (Lipinski definition) is 2. The molecule has 2 N–H and O–H groups in total. The number of carbonyl (C=O) groups excluding carboxylic acids is 1. The van der Waals surface area contributed by atoms with Crippen LogP contribution in [0.1, 0.15) is 40.9 Å². The molecular formula is C21H29N3O3S. The highest BCUT2D eigenvalue weighted by Gasteiger charge is 2.09. The molecule has 0 aromatic heterocycles. The van der Waals surface area contributed by atoms with Crippen molar-refractivity contribution in [2.45, 2.75) is 32.7 Å². The zero-order chi connectivity index (χ0) is 20.6. The van der Waals surface area contributed by atoms with E-state index < -0.39 is 10.0 Å². The van der Waals surface area contributed by atoms with Gasteiger partial charge in [0.15, 0.2) is 0 Å². The zero-order valence-corrected chi connectivity index (χ0v) is 17.6. The molecule has 0 aliphatic heterocycles. The van der Waals surface area contributed by atoms with E-state index in [1.165, 1.54) is 12.6 Å². The maximum absolute atomic E-state index is 12.3. The average Bonchev–Trinajstić information content (AvgIpc) is 2.71. The van der Waals surface area contributed by atoms with Gasteiger partial charge in [-0.1, -0.05) is 50.2 Å². The number of nitrogens with one attached hydrogen (secondary N) is 2. The second-order valence-corrected chi connectivity index (χ2v) is 8.55. The zero-order valence-electron chi connectivity index (χ0n) is 16.7. The molecular weight excluding hydrogens is 374 g/mol. The summed E-state index contributed by atoms with van der Waals surface area (Å²) in [5, 5.41) is 2.90. The Morgan fingerprint density at radius 1 is 0.893 bits per heavy atom. The summed E-state index contributed by atoms with van der Waals surface area (Å²) in [6.07, 6.45) is 0. The van der Waals surface area contributed by atoms with Gasteiger partial charge in [-0.05, 0) is 49.0 Å². The fourth-order valence-corrected chi connectivity index (χ4v) is 3.57. The van der Waals surface area contributed by atoms with Crippen LogP contribution in [0.5, 0.6) is 0 Å². The van der Waals surface area contributed by atoms with Crippen LogP contribution in [0.2, 0.25) is 0 Å². The molecule has 0 aliphatic carbocycles. The van der Waals surface area contributed by atoms with Gasteiger partial charge in [0.25, 0.3) is 5.91 Å². The van der Waals surface area contributed by atoms with Crippen LogP contribution in [-0.2, 0) is 28.9 Å². The summed E-state index contributed by atoms with van der Waals surface area (Å²) in [6.45, 7) is 7.54. The van der Waals surface area contributed by atoms with Gasteiger partial charge in [-0.25, -0.2) is 13.1 Å². The van der Waals surface area contributed by atoms with Crippen molar-refractivity contribution in [1.29, 1.82) is 0 Å². The lowest BCUT2D eigenvalue weighted by atomic mass is 10.1. The Labute approximate surface area is 168 Å². The van der Waals surface area contributed by atoms with Crippen LogP contribution >= 0.6 is 0 Å². The molecule has 152 valence electrons. The van der Waals surface area contributed by atoms with Crippen LogP contribution in [0.15, 0.2) is 48.5 Å². The van der Waals surface area contributed by atoms with Crippen LogP contribution < -0.4 is 10.0 Å². The molecule has 0 bridgehead atoms. The van der Waals surface area contributed by atoms with E-state index in [9.17, 15) is 13.2 Å². The largest absolute Gasteiger partial charge is 0.348 e. The third-order valence-corrected chi connectivity index (χ3v) is 6.00. The van der Waals surface area contributed by atoms with Gasteiger partial charge in [0.05, 0.1) is 5.75 Å². The fourth-order valence-electron chi connectivity index (χ4n) is 2.80. The third kappa shape index (κ3) is 6.74. The first kappa shape index (κ1) is 22.1. The summed E-state index contributed by atoms with van der Waals surface area (Å²) >= 11 is 0. The van der Waals surface area contributed by atoms with Crippen LogP contribution in [0.3, 0.4) is 0 Å². The molecule has 7 heteroatoms. The second kappa shape index (κ2) is 10.4. The summed E-state index contributed by atoms with van der Waals surface area (Å²) in [7, 11) is -1.89. The first-order chi connectivity index (χ1) is 13.4. The molecule has 0 unspecified atom stereocenters. The normalized spacial score (nSPS) is 11.6. The van der Waals surface area contributed by atoms with Crippen LogP contribution in [0.4, 0.5) is 0 Å². The van der Waals surface area contributed by atoms with Crippen molar-refractivity contribution < 1.29 is 13.2 Å². The van der Waals surface area contributed by atoms with Crippen molar-refractivity contribution in [3.8, 4) is 0 Å². The number of rotatable bonds is 10. The van der Waals surface area contributed by atoms with Crippen molar-refractivity contribution in [2.24, 2.45) is 0 Å². The average molecular weight is 404 g/mol. The standard InChI is InChI=1S/C21H29N3O3S/c1-4-24(5-2)15-18-10-12-20(13-11-18)21(25)23-14-17-6-8-19(9-7-17)16-28(26,27)22-3/h6-13,22H,4-5,14-16H2,1-3H3,(H,23,25). The van der Waals surface area contributed by atoms with Crippen molar-refractivity contribution in [3.05, 3.63) is 70.8 Å². The predicted molar refractivity (Wildman–Crippen MR) is 112 cm³/mol. The first-order valence-corrected chi connectivity index (χ1v) is 11.1. The van der Waals surface area contributed by atoms with Gasteiger partial charge >= 0.3 is 0 Å². The summed E-state index contributed by atoms with van der Waals surface area (Å²) < 4.78 is 25.4. The molecule has 0 radical (unpaired) electrons. The molecule has 1 amide bonds. The molecule has 0 aliphatic rings. The molecule has 0 spiro atoms. The molecule has 2 aromatic rings. The maximum Gasteiger partial charge on any atom is 0.251 e. The van der Waals surface area contributed by atoms with Gasteiger partial charge in [0.2, 0.25) is 10.0 Å². The topological polar surface area (TPSA) is 78.5 Å². The Morgan fingerprint density at radius 2 is 1.43 bits per heavy atom. The van der Waals surface area contributed by atoms with Gasteiger partial charge in [-0.3, -0.25) is 9.69 Å². The van der Waals surface area contributed by atoms with E-state index in [0.29, 0.717) is 17.7 Å². The highest BCUT2D eigenvalue weighted by molar-refractivity contribution is 7.88. The summed E-state index contributed by atoms with van der Waals surface area (Å²) in [6, 6.07) is 14.9. The lowest BCUT2D eigenvalue weighted by Crippen LogP contribution is -2.23. The Balaban J connectivity index is 1.89. The molecule has 28 heavy (non-hydrogen) atoms. The number of amides is 1. The molecule has 0 fully saturated rings. The van der Waals surface area contributed by atoms with Crippen molar-refractivity contribution >= 4 is 15.9 Å². The minimum Gasteiger partial charge on any atom is -0.348 e. The fraction of sp³-hybridized carbons (Fsp3) is 0.381. The quantitative estimate of drug-likeness (QED) is 0.639. The number of carbonyl (C=O) groups is 1. The summed E-state index contributed by atoms with van der Waals surface area (Å²) in [4.78, 5) is 14.7. The molecule has 0 saturated carbocycles. The minimum absolute atomic E-state index is 0.0595. The predicted octanol–water partition coefficient (Wildman–Crippen LogP) is 2.51. The third-order valence-electron chi connectivity index (χ3n) is 4.66. The molecule has 6 nitrogen and oxygen atoms in total. The second-order valence-electron chi connectivity index (χ2n) is 6.62. The number of benzene rings is 2. The van der Waals surface area contributed by atoms with E-state index in [-0.39, 0.29) is 11.7 Å². The van der Waals surface area contributed by atoms with Gasteiger partial charge in [0.1, 0.15) is 0 Å². The monoisotopic (exact) mass is 403 g/mol. The number of sulfonamides is 1. The van der Waals surface area contributed by atoms with Crippen LogP contribution in [0.25, 0.3) is 0 Å². The lowest BCUT2D eigenvalue weighted by Gasteiger charge is -2.18. The Morgan fingerprint density at radius 3 is 1.96 bits per heavy atom. The van der Waals surface area contributed by atoms with Gasteiger partial charge in [0, 0.05) is 18.7 Å². The summed E-state index contributed by atoms with van der Waals surface area (Å²) in [5.74, 6) is -0.188. The molecule has 0 atom stereocenters. The SMILES string of the molecule is CCN(CC)Cc1ccc(C(=O)NCc2ccc(CS(=O)(=O)NC)cc2)cc1. The Bertz CT molecular complexity index is 859. The van der Waals surface area contributed by atoms with Gasteiger partial charge in [-0.2, -0.15) is 0 Å². The van der Waals surface area contributed by atoms with E-state index in [0.717, 1.165) is 25.2 Å². The van der Waals surface area contributed by atoms with E-state index in [4.69, 9.17) is 0 Å². The van der Waals surface area contributed by atoms with E-state index >= 15 is 0 Å². The minimum atomic E-state index is -3.28. The van der Waals surface area contributed by atoms with Gasteiger partial charge in [-0.15, -0.1) is 0 Å². The lowest BCUT2D eigenvalue weighted by molar-refractivity contribution is 0.0951. The number of hydrogen-bond acceptors (Lipinski definition) is 4. The van der Waals surface area contributed by atoms with Gasteiger partial charge < -0.3 is 5.32 Å². The van der Waals surface area contributed by atoms with E-state index in [1.807, 2.05) is 36.4 Å². The molecule has 0 saturated heterocycles. The van der Waals surface area contributed by atoms with Crippen molar-refractivity contribution in [3.63, 3.8) is 0 Å². The molecule has 0 heterocycles.